The molecular weight excluding hydrogens is 256 g/mol. The van der Waals surface area contributed by atoms with E-state index in [1.807, 2.05) is 0 Å². The predicted molar refractivity (Wildman–Crippen MR) is 73.2 cm³/mol. The maximum absolute atomic E-state index is 10.9. The number of carboxylic acids is 1. The van der Waals surface area contributed by atoms with Crippen molar-refractivity contribution in [2.45, 2.75) is 33.2 Å². The fourth-order valence-electron chi connectivity index (χ4n) is 1.89. The summed E-state index contributed by atoms with van der Waals surface area (Å²) in [4.78, 5) is 10.9. The minimum absolute atomic E-state index is 0.297. The monoisotopic (exact) mass is 274 g/mol. The van der Waals surface area contributed by atoms with E-state index in [1.54, 1.807) is 11.6 Å². The van der Waals surface area contributed by atoms with Gasteiger partial charge in [-0.3, -0.25) is 4.79 Å². The molecule has 1 N–H and O–H groups in total. The van der Waals surface area contributed by atoms with Crippen LogP contribution in [0, 0.1) is 12.8 Å². The molecule has 0 spiro atoms. The van der Waals surface area contributed by atoms with Crippen LogP contribution in [0.4, 0.5) is 0 Å². The quantitative estimate of drug-likeness (QED) is 0.863. The number of hydrogen-bond acceptors (Lipinski definition) is 4. The highest BCUT2D eigenvalue weighted by atomic mass is 16.4. The molecule has 6 nitrogen and oxygen atoms in total. The number of hydrogen-bond donors (Lipinski definition) is 1. The smallest absolute Gasteiger partial charge is 0.308 e. The van der Waals surface area contributed by atoms with Gasteiger partial charge in [-0.25, -0.2) is 4.68 Å². The molecule has 1 aromatic carbocycles. The van der Waals surface area contributed by atoms with Crippen molar-refractivity contribution < 1.29 is 9.90 Å². The first kappa shape index (κ1) is 14.2. The lowest BCUT2D eigenvalue weighted by Crippen LogP contribution is -2.19. The summed E-state index contributed by atoms with van der Waals surface area (Å²) in [7, 11) is 0. The first-order chi connectivity index (χ1) is 9.56. The summed E-state index contributed by atoms with van der Waals surface area (Å²) in [6.45, 7) is 4.00. The zero-order chi connectivity index (χ0) is 14.5. The van der Waals surface area contributed by atoms with Crippen molar-refractivity contribution in [3.8, 4) is 0 Å². The van der Waals surface area contributed by atoms with Crippen molar-refractivity contribution in [2.75, 3.05) is 0 Å². The van der Waals surface area contributed by atoms with Gasteiger partial charge in [-0.05, 0) is 29.3 Å². The second kappa shape index (κ2) is 6.27. The highest BCUT2D eigenvalue weighted by Gasteiger charge is 2.15. The first-order valence-corrected chi connectivity index (χ1v) is 6.59. The summed E-state index contributed by atoms with van der Waals surface area (Å²) in [5, 5.41) is 20.4. The standard InChI is InChI=1S/C14H18N4O2/c1-10-3-5-12(6-4-10)7-8-13-15-16-17-18(13)9-11(2)14(19)20/h3-6,11H,7-9H2,1-2H3,(H,19,20). The van der Waals surface area contributed by atoms with E-state index in [1.165, 1.54) is 11.1 Å². The Morgan fingerprint density at radius 1 is 1.30 bits per heavy atom. The zero-order valence-electron chi connectivity index (χ0n) is 11.7. The minimum Gasteiger partial charge on any atom is -0.481 e. The van der Waals surface area contributed by atoms with Gasteiger partial charge in [0.2, 0.25) is 0 Å². The van der Waals surface area contributed by atoms with Crippen LogP contribution in [0.25, 0.3) is 0 Å². The largest absolute Gasteiger partial charge is 0.481 e. The van der Waals surface area contributed by atoms with Gasteiger partial charge in [0.1, 0.15) is 0 Å². The Morgan fingerprint density at radius 2 is 2.00 bits per heavy atom. The van der Waals surface area contributed by atoms with E-state index >= 15 is 0 Å². The van der Waals surface area contributed by atoms with Crippen LogP contribution in [0.15, 0.2) is 24.3 Å². The molecule has 0 aliphatic carbocycles. The summed E-state index contributed by atoms with van der Waals surface area (Å²) in [6, 6.07) is 8.32. The van der Waals surface area contributed by atoms with Gasteiger partial charge in [0.05, 0.1) is 12.5 Å². The Morgan fingerprint density at radius 3 is 2.65 bits per heavy atom. The Kier molecular flexibility index (Phi) is 4.45. The van der Waals surface area contributed by atoms with Crippen molar-refractivity contribution in [1.82, 2.24) is 20.2 Å². The molecule has 2 aromatic rings. The van der Waals surface area contributed by atoms with Gasteiger partial charge in [0, 0.05) is 6.42 Å². The molecule has 0 saturated carbocycles. The van der Waals surface area contributed by atoms with E-state index in [9.17, 15) is 4.79 Å². The summed E-state index contributed by atoms with van der Waals surface area (Å²) in [5.74, 6) is -0.625. The second-order valence-electron chi connectivity index (χ2n) is 5.00. The fraction of sp³-hybridized carbons (Fsp3) is 0.429. The highest BCUT2D eigenvalue weighted by molar-refractivity contribution is 5.69. The van der Waals surface area contributed by atoms with Crippen molar-refractivity contribution in [3.05, 3.63) is 41.2 Å². The molecule has 0 bridgehead atoms. The summed E-state index contributed by atoms with van der Waals surface area (Å²) in [5.41, 5.74) is 2.45. The predicted octanol–water partition coefficient (Wildman–Crippen LogP) is 1.49. The summed E-state index contributed by atoms with van der Waals surface area (Å²) >= 11 is 0. The van der Waals surface area contributed by atoms with Gasteiger partial charge in [-0.2, -0.15) is 0 Å². The van der Waals surface area contributed by atoms with Crippen molar-refractivity contribution in [2.24, 2.45) is 5.92 Å². The Labute approximate surface area is 117 Å². The van der Waals surface area contributed by atoms with Crippen LogP contribution in [-0.2, 0) is 24.2 Å². The molecule has 1 unspecified atom stereocenters. The van der Waals surface area contributed by atoms with Gasteiger partial charge < -0.3 is 5.11 Å². The highest BCUT2D eigenvalue weighted by Crippen LogP contribution is 2.08. The van der Waals surface area contributed by atoms with Gasteiger partial charge in [0.25, 0.3) is 0 Å². The van der Waals surface area contributed by atoms with Gasteiger partial charge >= 0.3 is 5.97 Å². The van der Waals surface area contributed by atoms with Crippen LogP contribution in [-0.4, -0.2) is 31.3 Å². The number of carbonyl (C=O) groups is 1. The Balaban J connectivity index is 1.98. The van der Waals surface area contributed by atoms with E-state index in [-0.39, 0.29) is 0 Å². The molecule has 0 aliphatic rings. The first-order valence-electron chi connectivity index (χ1n) is 6.59. The van der Waals surface area contributed by atoms with E-state index in [0.717, 1.165) is 12.2 Å². The molecule has 0 fully saturated rings. The van der Waals surface area contributed by atoms with Crippen LogP contribution < -0.4 is 0 Å². The lowest BCUT2D eigenvalue weighted by Gasteiger charge is -2.08. The number of nitrogens with zero attached hydrogens (tertiary/aromatic N) is 4. The number of aliphatic carboxylic acids is 1. The van der Waals surface area contributed by atoms with E-state index in [2.05, 4.69) is 46.7 Å². The Bertz CT molecular complexity index is 577. The normalized spacial score (nSPS) is 12.3. The molecule has 0 radical (unpaired) electrons. The lowest BCUT2D eigenvalue weighted by atomic mass is 10.1. The van der Waals surface area contributed by atoms with Crippen molar-refractivity contribution in [1.29, 1.82) is 0 Å². The minimum atomic E-state index is -0.843. The third kappa shape index (κ3) is 3.63. The number of aryl methyl sites for hydroxylation is 3. The summed E-state index contributed by atoms with van der Waals surface area (Å²) in [6.07, 6.45) is 1.53. The zero-order valence-corrected chi connectivity index (χ0v) is 11.7. The van der Waals surface area contributed by atoms with Crippen molar-refractivity contribution >= 4 is 5.97 Å². The lowest BCUT2D eigenvalue weighted by molar-refractivity contribution is -0.141. The number of rotatable bonds is 6. The number of aromatic nitrogens is 4. The van der Waals surface area contributed by atoms with Crippen molar-refractivity contribution in [3.63, 3.8) is 0 Å². The third-order valence-electron chi connectivity index (χ3n) is 3.23. The average Bonchev–Trinajstić information content (AvgIpc) is 2.85. The van der Waals surface area contributed by atoms with E-state index < -0.39 is 11.9 Å². The molecule has 1 heterocycles. The summed E-state index contributed by atoms with van der Waals surface area (Å²) < 4.78 is 1.58. The molecular formula is C14H18N4O2. The van der Waals surface area contributed by atoms with Crippen LogP contribution in [0.2, 0.25) is 0 Å². The molecule has 20 heavy (non-hydrogen) atoms. The van der Waals surface area contributed by atoms with Crippen LogP contribution >= 0.6 is 0 Å². The molecule has 0 aliphatic heterocycles. The second-order valence-corrected chi connectivity index (χ2v) is 5.00. The molecule has 2 rings (SSSR count). The fourth-order valence-corrected chi connectivity index (χ4v) is 1.89. The maximum atomic E-state index is 10.9. The number of carboxylic acid groups (broad SMARTS) is 1. The van der Waals surface area contributed by atoms with Crippen LogP contribution in [0.1, 0.15) is 23.9 Å². The Hall–Kier alpha value is -2.24. The topological polar surface area (TPSA) is 80.9 Å². The number of benzene rings is 1. The van der Waals surface area contributed by atoms with Gasteiger partial charge in [-0.1, -0.05) is 36.8 Å². The van der Waals surface area contributed by atoms with Crippen LogP contribution in [0.3, 0.4) is 0 Å². The van der Waals surface area contributed by atoms with E-state index in [4.69, 9.17) is 5.11 Å². The van der Waals surface area contributed by atoms with E-state index in [0.29, 0.717) is 13.0 Å². The SMILES string of the molecule is Cc1ccc(CCc2nnnn2CC(C)C(=O)O)cc1. The van der Waals surface area contributed by atoms with Gasteiger partial charge in [0.15, 0.2) is 5.82 Å². The molecule has 0 saturated heterocycles. The molecule has 1 aromatic heterocycles. The molecule has 6 heteroatoms. The molecule has 106 valence electrons. The molecule has 0 amide bonds. The third-order valence-corrected chi connectivity index (χ3v) is 3.23. The molecule has 1 atom stereocenters. The number of tetrazole rings is 1. The maximum Gasteiger partial charge on any atom is 0.308 e. The van der Waals surface area contributed by atoms with Crippen LogP contribution in [0.5, 0.6) is 0 Å². The van der Waals surface area contributed by atoms with Gasteiger partial charge in [-0.15, -0.1) is 5.10 Å². The average molecular weight is 274 g/mol.